The standard InChI is InChI=1S/C21H26BrNO3/c1-23(12-14-2-3-17-18(7-14)26-5-4-25-17)19(24)20-8-15-6-16(9-20)11-21(22,10-15)13-20/h2-3,7,15-16H,4-6,8-13H2,1H3. The van der Waals surface area contributed by atoms with Gasteiger partial charge in [0.1, 0.15) is 13.2 Å². The Morgan fingerprint density at radius 3 is 2.54 bits per heavy atom. The average molecular weight is 420 g/mol. The maximum atomic E-state index is 13.5. The van der Waals surface area contributed by atoms with Gasteiger partial charge < -0.3 is 14.4 Å². The lowest BCUT2D eigenvalue weighted by Crippen LogP contribution is -2.58. The molecule has 5 aliphatic rings. The summed E-state index contributed by atoms with van der Waals surface area (Å²) in [6, 6.07) is 6.02. The zero-order chi connectivity index (χ0) is 17.9. The molecule has 4 nitrogen and oxygen atoms in total. The second-order valence-electron chi connectivity index (χ2n) is 9.03. The number of nitrogens with zero attached hydrogens (tertiary/aromatic N) is 1. The minimum Gasteiger partial charge on any atom is -0.486 e. The Labute approximate surface area is 163 Å². The number of fused-ring (bicyclic) bond motifs is 1. The van der Waals surface area contributed by atoms with Crippen molar-refractivity contribution in [3.05, 3.63) is 23.8 Å². The van der Waals surface area contributed by atoms with Crippen molar-refractivity contribution in [2.75, 3.05) is 20.3 Å². The molecule has 1 heterocycles. The first-order valence-electron chi connectivity index (χ1n) is 9.78. The number of rotatable bonds is 3. The molecule has 4 fully saturated rings. The maximum Gasteiger partial charge on any atom is 0.228 e. The highest BCUT2D eigenvalue weighted by molar-refractivity contribution is 9.10. The van der Waals surface area contributed by atoms with Crippen LogP contribution in [0.3, 0.4) is 0 Å². The van der Waals surface area contributed by atoms with Crippen LogP contribution in [0, 0.1) is 17.3 Å². The molecule has 0 radical (unpaired) electrons. The molecule has 2 unspecified atom stereocenters. The summed E-state index contributed by atoms with van der Waals surface area (Å²) in [5.74, 6) is 3.38. The fraction of sp³-hybridized carbons (Fsp3) is 0.667. The van der Waals surface area contributed by atoms with Gasteiger partial charge in [0, 0.05) is 17.9 Å². The van der Waals surface area contributed by atoms with E-state index >= 15 is 0 Å². The summed E-state index contributed by atoms with van der Waals surface area (Å²) in [5, 5.41) is 0. The molecule has 0 N–H and O–H groups in total. The molecule has 2 atom stereocenters. The van der Waals surface area contributed by atoms with Crippen LogP contribution >= 0.6 is 15.9 Å². The smallest absolute Gasteiger partial charge is 0.228 e. The summed E-state index contributed by atoms with van der Waals surface area (Å²) in [6.07, 6.45) is 7.02. The number of halogens is 1. The fourth-order valence-electron chi connectivity index (χ4n) is 6.34. The van der Waals surface area contributed by atoms with Crippen molar-refractivity contribution in [2.45, 2.75) is 49.4 Å². The van der Waals surface area contributed by atoms with Crippen molar-refractivity contribution in [1.29, 1.82) is 0 Å². The molecule has 1 aromatic carbocycles. The summed E-state index contributed by atoms with van der Waals surface area (Å²) in [4.78, 5) is 15.4. The van der Waals surface area contributed by atoms with Gasteiger partial charge in [-0.2, -0.15) is 0 Å². The van der Waals surface area contributed by atoms with Crippen molar-refractivity contribution in [1.82, 2.24) is 4.90 Å². The lowest BCUT2D eigenvalue weighted by Gasteiger charge is -2.60. The van der Waals surface area contributed by atoms with Gasteiger partial charge in [-0.25, -0.2) is 0 Å². The van der Waals surface area contributed by atoms with Crippen LogP contribution < -0.4 is 9.47 Å². The maximum absolute atomic E-state index is 13.5. The van der Waals surface area contributed by atoms with Crippen LogP contribution in [0.5, 0.6) is 11.5 Å². The Kier molecular flexibility index (Phi) is 3.83. The summed E-state index contributed by atoms with van der Waals surface area (Å²) >= 11 is 4.02. The first-order chi connectivity index (χ1) is 12.4. The van der Waals surface area contributed by atoms with E-state index in [4.69, 9.17) is 9.47 Å². The molecular weight excluding hydrogens is 394 g/mol. The van der Waals surface area contributed by atoms with Crippen LogP contribution in [-0.2, 0) is 11.3 Å². The molecule has 6 rings (SSSR count). The lowest BCUT2D eigenvalue weighted by atomic mass is 9.49. The third kappa shape index (κ3) is 2.74. The molecule has 1 amide bonds. The van der Waals surface area contributed by atoms with E-state index in [9.17, 15) is 4.79 Å². The summed E-state index contributed by atoms with van der Waals surface area (Å²) in [7, 11) is 1.96. The lowest BCUT2D eigenvalue weighted by molar-refractivity contribution is -0.154. The quantitative estimate of drug-likeness (QED) is 0.690. The summed E-state index contributed by atoms with van der Waals surface area (Å²) in [5.41, 5.74) is 0.958. The predicted octanol–water partition coefficient (Wildman–Crippen LogP) is 4.15. The Bertz CT molecular complexity index is 735. The van der Waals surface area contributed by atoms with Crippen molar-refractivity contribution in [2.24, 2.45) is 17.3 Å². The fourth-order valence-corrected chi connectivity index (χ4v) is 7.79. The van der Waals surface area contributed by atoms with Gasteiger partial charge >= 0.3 is 0 Å². The molecule has 4 bridgehead atoms. The van der Waals surface area contributed by atoms with Gasteiger partial charge in [0.15, 0.2) is 11.5 Å². The van der Waals surface area contributed by atoms with E-state index in [2.05, 4.69) is 15.9 Å². The van der Waals surface area contributed by atoms with E-state index in [-0.39, 0.29) is 9.74 Å². The Hall–Kier alpha value is -1.23. The molecule has 140 valence electrons. The molecule has 1 aliphatic heterocycles. The molecule has 0 saturated heterocycles. The van der Waals surface area contributed by atoms with Crippen LogP contribution in [-0.4, -0.2) is 35.4 Å². The normalized spacial score (nSPS) is 36.8. The van der Waals surface area contributed by atoms with E-state index in [1.54, 1.807) is 0 Å². The number of amides is 1. The topological polar surface area (TPSA) is 38.8 Å². The highest BCUT2D eigenvalue weighted by Gasteiger charge is 2.60. The van der Waals surface area contributed by atoms with Gasteiger partial charge in [0.25, 0.3) is 0 Å². The predicted molar refractivity (Wildman–Crippen MR) is 103 cm³/mol. The highest BCUT2D eigenvalue weighted by atomic mass is 79.9. The van der Waals surface area contributed by atoms with Gasteiger partial charge in [-0.3, -0.25) is 4.79 Å². The van der Waals surface area contributed by atoms with Crippen molar-refractivity contribution < 1.29 is 14.3 Å². The number of ether oxygens (including phenoxy) is 2. The van der Waals surface area contributed by atoms with Gasteiger partial charge in [-0.1, -0.05) is 22.0 Å². The second-order valence-corrected chi connectivity index (χ2v) is 10.7. The van der Waals surface area contributed by atoms with E-state index < -0.39 is 0 Å². The Morgan fingerprint density at radius 2 is 1.85 bits per heavy atom. The molecule has 26 heavy (non-hydrogen) atoms. The van der Waals surface area contributed by atoms with Crippen LogP contribution in [0.1, 0.15) is 44.1 Å². The first kappa shape index (κ1) is 16.9. The van der Waals surface area contributed by atoms with Gasteiger partial charge in [-0.15, -0.1) is 0 Å². The van der Waals surface area contributed by atoms with Crippen molar-refractivity contribution in [3.8, 4) is 11.5 Å². The summed E-state index contributed by atoms with van der Waals surface area (Å²) < 4.78 is 11.5. The third-order valence-corrected chi connectivity index (χ3v) is 7.74. The van der Waals surface area contributed by atoms with E-state index in [1.807, 2.05) is 30.1 Å². The van der Waals surface area contributed by atoms with Crippen molar-refractivity contribution >= 4 is 21.8 Å². The largest absolute Gasteiger partial charge is 0.486 e. The molecular formula is C21H26BrNO3. The van der Waals surface area contributed by atoms with E-state index in [1.165, 1.54) is 19.3 Å². The van der Waals surface area contributed by atoms with E-state index in [0.29, 0.717) is 25.7 Å². The van der Waals surface area contributed by atoms with Gasteiger partial charge in [0.2, 0.25) is 5.91 Å². The minimum absolute atomic E-state index is 0.143. The number of hydrogen-bond donors (Lipinski definition) is 0. The molecule has 4 saturated carbocycles. The van der Waals surface area contributed by atoms with Gasteiger partial charge in [0.05, 0.1) is 5.41 Å². The minimum atomic E-state index is -0.143. The zero-order valence-electron chi connectivity index (χ0n) is 15.3. The Morgan fingerprint density at radius 1 is 1.15 bits per heavy atom. The molecule has 5 heteroatoms. The van der Waals surface area contributed by atoms with E-state index in [0.717, 1.165) is 48.2 Å². The van der Waals surface area contributed by atoms with Crippen LogP contribution in [0.25, 0.3) is 0 Å². The molecule has 4 aliphatic carbocycles. The number of benzene rings is 1. The van der Waals surface area contributed by atoms with Gasteiger partial charge in [-0.05, 0) is 68.1 Å². The van der Waals surface area contributed by atoms with Crippen molar-refractivity contribution in [3.63, 3.8) is 0 Å². The molecule has 0 aromatic heterocycles. The second kappa shape index (κ2) is 5.88. The number of hydrogen-bond acceptors (Lipinski definition) is 3. The number of alkyl halides is 1. The molecule has 0 spiro atoms. The molecule has 1 aromatic rings. The zero-order valence-corrected chi connectivity index (χ0v) is 16.9. The van der Waals surface area contributed by atoms with Crippen LogP contribution in [0.4, 0.5) is 0 Å². The number of carbonyl (C=O) groups is 1. The monoisotopic (exact) mass is 419 g/mol. The average Bonchev–Trinajstić information content (AvgIpc) is 2.59. The number of carbonyl (C=O) groups excluding carboxylic acids is 1. The third-order valence-electron chi connectivity index (χ3n) is 6.82. The van der Waals surface area contributed by atoms with Crippen LogP contribution in [0.15, 0.2) is 18.2 Å². The highest BCUT2D eigenvalue weighted by Crippen LogP contribution is 2.64. The van der Waals surface area contributed by atoms with Crippen LogP contribution in [0.2, 0.25) is 0 Å². The SMILES string of the molecule is CN(Cc1ccc2c(c1)OCCO2)C(=O)C12CC3CC(CC(Br)(C3)C1)C2. The summed E-state index contributed by atoms with van der Waals surface area (Å²) in [6.45, 7) is 1.82. The first-order valence-corrected chi connectivity index (χ1v) is 10.6. The Balaban J connectivity index is 1.34.